The van der Waals surface area contributed by atoms with Gasteiger partial charge in [-0.1, -0.05) is 52.0 Å². The Balaban J connectivity index is 0.886. The predicted octanol–water partition coefficient (Wildman–Crippen LogP) is 5.94. The summed E-state index contributed by atoms with van der Waals surface area (Å²) in [5.74, 6) is 0.616. The first-order valence-electron chi connectivity index (χ1n) is 16.4. The lowest BCUT2D eigenvalue weighted by Gasteiger charge is -2.47. The summed E-state index contributed by atoms with van der Waals surface area (Å²) in [7, 11) is 0. The highest BCUT2D eigenvalue weighted by atomic mass is 32.1. The highest BCUT2D eigenvalue weighted by Crippen LogP contribution is 2.33. The van der Waals surface area contributed by atoms with E-state index in [1.807, 2.05) is 4.90 Å². The number of nitrogens with one attached hydrogen (secondary N) is 1. The van der Waals surface area contributed by atoms with E-state index < -0.39 is 6.10 Å². The normalized spacial score (nSPS) is 18.0. The molecule has 0 saturated carbocycles. The van der Waals surface area contributed by atoms with E-state index >= 15 is 0 Å². The maximum absolute atomic E-state index is 13.2. The van der Waals surface area contributed by atoms with Gasteiger partial charge in [-0.25, -0.2) is 9.97 Å². The molecule has 3 aromatic rings. The van der Waals surface area contributed by atoms with E-state index in [0.717, 1.165) is 65.6 Å². The number of aromatic hydroxyl groups is 1. The molecule has 0 aliphatic carbocycles. The van der Waals surface area contributed by atoms with Crippen molar-refractivity contribution in [2.45, 2.75) is 89.3 Å². The van der Waals surface area contributed by atoms with Crippen molar-refractivity contribution in [3.63, 3.8) is 0 Å². The molecule has 2 aliphatic heterocycles. The van der Waals surface area contributed by atoms with Crippen LogP contribution < -0.4 is 5.32 Å². The van der Waals surface area contributed by atoms with E-state index in [4.69, 9.17) is 4.74 Å². The second kappa shape index (κ2) is 15.9. The van der Waals surface area contributed by atoms with Gasteiger partial charge in [-0.05, 0) is 44.8 Å². The number of phenols is 1. The van der Waals surface area contributed by atoms with Crippen molar-refractivity contribution in [2.75, 3.05) is 52.4 Å². The molecule has 2 aliphatic rings. The van der Waals surface area contributed by atoms with E-state index in [9.17, 15) is 15.0 Å². The quantitative estimate of drug-likeness (QED) is 0.175. The van der Waals surface area contributed by atoms with Crippen LogP contribution in [0.2, 0.25) is 0 Å². The first-order chi connectivity index (χ1) is 21.3. The topological polar surface area (TPSA) is 111 Å². The van der Waals surface area contributed by atoms with Crippen LogP contribution in [0.3, 0.4) is 0 Å². The van der Waals surface area contributed by atoms with Gasteiger partial charge in [0.05, 0.1) is 46.3 Å². The molecule has 5 rings (SSSR count). The molecule has 2 aromatic heterocycles. The van der Waals surface area contributed by atoms with Gasteiger partial charge in [0.2, 0.25) is 0 Å². The lowest BCUT2D eigenvalue weighted by Crippen LogP contribution is -2.58. The number of ether oxygens (including phenoxy) is 1. The zero-order chi connectivity index (χ0) is 30.9. The summed E-state index contributed by atoms with van der Waals surface area (Å²) in [4.78, 5) is 27.1. The van der Waals surface area contributed by atoms with E-state index in [2.05, 4.69) is 34.0 Å². The molecular formula is C33H49N5O4S2. The number of carbonyl (C=O) groups excluding carboxylic acids is 1. The second-order valence-electron chi connectivity index (χ2n) is 12.7. The molecule has 44 heavy (non-hydrogen) atoms. The third-order valence-electron chi connectivity index (χ3n) is 9.05. The fourth-order valence-electron chi connectivity index (χ4n) is 6.35. The molecule has 1 amide bonds. The fraction of sp³-hybridized carbons (Fsp3) is 0.667. The predicted molar refractivity (Wildman–Crippen MR) is 178 cm³/mol. The van der Waals surface area contributed by atoms with Crippen LogP contribution in [0.25, 0.3) is 10.2 Å². The standard InChI is InChI=1S/C33H49N5O4S2/c1-24(2)31-35-21-28(44-31)32(41)38-18-19-42-33(22-38)12-16-37(17-13-33)15-9-7-5-3-4-6-8-14-34-20-27(40)25-10-11-26(39)29-30(25)43-23-36-29/h10-11,21,23-24,27,34,39-40H,3-9,12-20,22H2,1-2H3/t27-/m0/s1. The first kappa shape index (κ1) is 33.2. The van der Waals surface area contributed by atoms with Gasteiger partial charge < -0.3 is 30.1 Å². The number of nitrogens with zero attached hydrogens (tertiary/aromatic N) is 4. The number of piperidine rings is 1. The minimum atomic E-state index is -0.606. The number of thiazole rings is 2. The first-order valence-corrected chi connectivity index (χ1v) is 18.1. The Labute approximate surface area is 269 Å². The number of rotatable bonds is 15. The van der Waals surface area contributed by atoms with E-state index in [1.165, 1.54) is 61.2 Å². The number of aliphatic hydroxyl groups is 1. The number of morpholine rings is 1. The number of aliphatic hydroxyl groups excluding tert-OH is 1. The third kappa shape index (κ3) is 8.55. The Morgan fingerprint density at radius 2 is 1.82 bits per heavy atom. The van der Waals surface area contributed by atoms with Crippen LogP contribution in [0, 0.1) is 0 Å². The van der Waals surface area contributed by atoms with Crippen molar-refractivity contribution in [3.8, 4) is 5.75 Å². The lowest BCUT2D eigenvalue weighted by molar-refractivity contribution is -0.127. The van der Waals surface area contributed by atoms with Crippen molar-refractivity contribution >= 4 is 38.8 Å². The van der Waals surface area contributed by atoms with Crippen molar-refractivity contribution in [1.82, 2.24) is 25.1 Å². The number of hydrogen-bond donors (Lipinski definition) is 3. The van der Waals surface area contributed by atoms with Crippen molar-refractivity contribution < 1.29 is 19.7 Å². The summed E-state index contributed by atoms with van der Waals surface area (Å²) in [6.45, 7) is 10.9. The van der Waals surface area contributed by atoms with Crippen LogP contribution in [0.5, 0.6) is 5.75 Å². The molecular weight excluding hydrogens is 595 g/mol. The molecule has 11 heteroatoms. The van der Waals surface area contributed by atoms with Gasteiger partial charge >= 0.3 is 0 Å². The highest BCUT2D eigenvalue weighted by molar-refractivity contribution is 7.17. The van der Waals surface area contributed by atoms with Gasteiger partial charge in [0.1, 0.15) is 16.1 Å². The minimum Gasteiger partial charge on any atom is -0.506 e. The van der Waals surface area contributed by atoms with Gasteiger partial charge in [-0.15, -0.1) is 22.7 Å². The number of aromatic nitrogens is 2. The zero-order valence-electron chi connectivity index (χ0n) is 26.3. The van der Waals surface area contributed by atoms with E-state index in [1.54, 1.807) is 23.8 Å². The molecule has 1 atom stereocenters. The zero-order valence-corrected chi connectivity index (χ0v) is 27.9. The summed E-state index contributed by atoms with van der Waals surface area (Å²) >= 11 is 2.98. The number of benzene rings is 1. The molecule has 1 spiro atoms. The average molecular weight is 644 g/mol. The Bertz CT molecular complexity index is 1340. The highest BCUT2D eigenvalue weighted by Gasteiger charge is 2.41. The Morgan fingerprint density at radius 3 is 2.57 bits per heavy atom. The third-order valence-corrected chi connectivity index (χ3v) is 11.2. The lowest BCUT2D eigenvalue weighted by atomic mass is 9.89. The van der Waals surface area contributed by atoms with Gasteiger partial charge in [0.15, 0.2) is 0 Å². The number of fused-ring (bicyclic) bond motifs is 1. The summed E-state index contributed by atoms with van der Waals surface area (Å²) in [6, 6.07) is 3.40. The number of likely N-dealkylation sites (tertiary alicyclic amines) is 1. The maximum Gasteiger partial charge on any atom is 0.265 e. The molecule has 0 radical (unpaired) electrons. The smallest absolute Gasteiger partial charge is 0.265 e. The van der Waals surface area contributed by atoms with Crippen LogP contribution in [-0.2, 0) is 4.74 Å². The van der Waals surface area contributed by atoms with Crippen LogP contribution >= 0.6 is 22.7 Å². The number of carbonyl (C=O) groups is 1. The van der Waals surface area contributed by atoms with Gasteiger partial charge in [0, 0.05) is 37.7 Å². The molecule has 0 bridgehead atoms. The van der Waals surface area contributed by atoms with Crippen LogP contribution in [-0.4, -0.2) is 93.9 Å². The average Bonchev–Trinajstić information content (AvgIpc) is 3.72. The van der Waals surface area contributed by atoms with Gasteiger partial charge in [-0.3, -0.25) is 4.79 Å². The number of unbranched alkanes of at least 4 members (excludes halogenated alkanes) is 6. The fourth-order valence-corrected chi connectivity index (χ4v) is 8.11. The molecule has 9 nitrogen and oxygen atoms in total. The molecule has 3 N–H and O–H groups in total. The van der Waals surface area contributed by atoms with E-state index in [0.29, 0.717) is 37.7 Å². The SMILES string of the molecule is CC(C)c1ncc(C(=O)N2CCOC3(CCN(CCCCCCCCCNC[C@H](O)c4ccc(O)c5ncsc45)CC3)C2)s1. The van der Waals surface area contributed by atoms with Gasteiger partial charge in [-0.2, -0.15) is 0 Å². The minimum absolute atomic E-state index is 0.109. The van der Waals surface area contributed by atoms with Crippen molar-refractivity contribution in [2.24, 2.45) is 0 Å². The maximum atomic E-state index is 13.2. The second-order valence-corrected chi connectivity index (χ2v) is 14.6. The number of phenolic OH excluding ortho intramolecular Hbond substituents is 1. The molecule has 1 aromatic carbocycles. The molecule has 2 saturated heterocycles. The van der Waals surface area contributed by atoms with Crippen LogP contribution in [0.4, 0.5) is 0 Å². The molecule has 0 unspecified atom stereocenters. The monoisotopic (exact) mass is 643 g/mol. The summed E-state index contributed by atoms with van der Waals surface area (Å²) in [5, 5.41) is 24.9. The van der Waals surface area contributed by atoms with Crippen LogP contribution in [0.15, 0.2) is 23.8 Å². The van der Waals surface area contributed by atoms with Crippen molar-refractivity contribution in [3.05, 3.63) is 39.3 Å². The van der Waals surface area contributed by atoms with E-state index in [-0.39, 0.29) is 17.3 Å². The van der Waals surface area contributed by atoms with Crippen molar-refractivity contribution in [1.29, 1.82) is 0 Å². The van der Waals surface area contributed by atoms with Crippen LogP contribution in [0.1, 0.15) is 104 Å². The largest absolute Gasteiger partial charge is 0.506 e. The molecule has 4 heterocycles. The number of hydrogen-bond acceptors (Lipinski definition) is 10. The Kier molecular flexibility index (Phi) is 12.0. The molecule has 2 fully saturated rings. The summed E-state index contributed by atoms with van der Waals surface area (Å²) < 4.78 is 7.16. The van der Waals surface area contributed by atoms with Gasteiger partial charge in [0.25, 0.3) is 5.91 Å². The summed E-state index contributed by atoms with van der Waals surface area (Å²) in [5.41, 5.74) is 2.90. The Hall–Kier alpha value is -2.15. The molecule has 242 valence electrons. The summed E-state index contributed by atoms with van der Waals surface area (Å²) in [6.07, 6.45) is 11.8. The number of amides is 1. The Morgan fingerprint density at radius 1 is 1.07 bits per heavy atom.